The fourth-order valence-electron chi connectivity index (χ4n) is 13.4. The summed E-state index contributed by atoms with van der Waals surface area (Å²) in [5.41, 5.74) is 17.4. The summed E-state index contributed by atoms with van der Waals surface area (Å²) in [4.78, 5) is 22.9. The van der Waals surface area contributed by atoms with Crippen LogP contribution in [0.1, 0.15) is 99.5 Å². The van der Waals surface area contributed by atoms with Gasteiger partial charge in [-0.2, -0.15) is 0 Å². The van der Waals surface area contributed by atoms with Gasteiger partial charge in [0.05, 0.1) is 24.2 Å². The van der Waals surface area contributed by atoms with E-state index < -0.39 is 24.2 Å². The molecule has 5 nitrogen and oxygen atoms in total. The second-order valence-electron chi connectivity index (χ2n) is 26.3. The second-order valence-corrected chi connectivity index (χ2v) is 40.3. The van der Waals surface area contributed by atoms with Crippen LogP contribution in [0.25, 0.3) is 56.3 Å². The van der Waals surface area contributed by atoms with Gasteiger partial charge in [-0.15, -0.1) is 179 Å². The molecule has 5 aromatic heterocycles. The maximum absolute atomic E-state index is 4.84. The molecule has 0 bridgehead atoms. The largest absolute Gasteiger partial charge is 0.305 e. The van der Waals surface area contributed by atoms with E-state index in [0.717, 1.165) is 56.3 Å². The first kappa shape index (κ1) is 75.5. The molecule has 5 aromatic carbocycles. The maximum Gasteiger partial charge on any atom is 0.0859 e. The predicted molar refractivity (Wildman–Crippen MR) is 384 cm³/mol. The minimum atomic E-state index is -1.32. The van der Waals surface area contributed by atoms with Crippen molar-refractivity contribution in [2.75, 3.05) is 0 Å². The Labute approximate surface area is 596 Å². The number of benzene rings is 5. The van der Waals surface area contributed by atoms with Crippen molar-refractivity contribution in [1.29, 1.82) is 0 Å². The smallest absolute Gasteiger partial charge is 0.0859 e. The molecule has 11 heteroatoms. The number of hydrogen-bond acceptors (Lipinski definition) is 5. The van der Waals surface area contributed by atoms with E-state index in [2.05, 4.69) is 175 Å². The quantitative estimate of drug-likeness (QED) is 0.101. The number of pyridine rings is 5. The summed E-state index contributed by atoms with van der Waals surface area (Å²) in [6.45, 7) is 21.0. The van der Waals surface area contributed by atoms with Gasteiger partial charge in [-0.05, 0) is 96.2 Å². The van der Waals surface area contributed by atoms with E-state index in [9.17, 15) is 0 Å². The Morgan fingerprint density at radius 3 is 0.902 bits per heavy atom. The van der Waals surface area contributed by atoms with Crippen molar-refractivity contribution in [1.82, 2.24) is 24.9 Å². The minimum Gasteiger partial charge on any atom is -0.305 e. The molecule has 3 aliphatic rings. The Hall–Kier alpha value is -5.55. The Morgan fingerprint density at radius 1 is 0.348 bits per heavy atom. The van der Waals surface area contributed by atoms with Gasteiger partial charge < -0.3 is 24.9 Å². The summed E-state index contributed by atoms with van der Waals surface area (Å²) >= 11 is 0. The van der Waals surface area contributed by atoms with Gasteiger partial charge in [0.1, 0.15) is 0 Å². The zero-order valence-electron chi connectivity index (χ0n) is 55.6. The molecule has 3 saturated heterocycles. The Morgan fingerprint density at radius 2 is 0.630 bits per heavy atom. The van der Waals surface area contributed by atoms with Crippen LogP contribution < -0.4 is 15.6 Å². The van der Waals surface area contributed by atoms with Gasteiger partial charge in [-0.1, -0.05) is 186 Å². The average molecular weight is 1800 g/mol. The molecule has 0 spiro atoms. The van der Waals surface area contributed by atoms with Crippen molar-refractivity contribution in [2.45, 2.75) is 162 Å². The molecule has 485 valence electrons. The van der Waals surface area contributed by atoms with Crippen LogP contribution in [0.5, 0.6) is 0 Å². The second kappa shape index (κ2) is 37.5. The van der Waals surface area contributed by atoms with Gasteiger partial charge >= 0.3 is 0 Å². The first-order valence-corrected chi connectivity index (χ1v) is 41.6. The van der Waals surface area contributed by atoms with E-state index >= 15 is 0 Å². The van der Waals surface area contributed by atoms with Gasteiger partial charge in [0.15, 0.2) is 0 Å². The van der Waals surface area contributed by atoms with Gasteiger partial charge in [-0.25, -0.2) is 0 Å². The molecule has 3 radical (unpaired) electrons. The molecule has 92 heavy (non-hydrogen) atoms. The average Bonchev–Trinajstić information content (AvgIpc) is 1.09. The Bertz CT molecular complexity index is 3580. The van der Waals surface area contributed by atoms with Gasteiger partial charge in [0.25, 0.3) is 0 Å². The minimum absolute atomic E-state index is 0. The molecule has 0 N–H and O–H groups in total. The topological polar surface area (TPSA) is 64.5 Å². The summed E-state index contributed by atoms with van der Waals surface area (Å²) in [5, 5.41) is 4.79. The molecular weight excluding hydrogens is 1700 g/mol. The molecule has 0 saturated carbocycles. The molecular formula is C81H92Ir3N5Si3-5. The van der Waals surface area contributed by atoms with E-state index in [0.29, 0.717) is 5.92 Å². The predicted octanol–water partition coefficient (Wildman–Crippen LogP) is 19.6. The molecule has 0 atom stereocenters. The van der Waals surface area contributed by atoms with Crippen LogP contribution in [0.3, 0.4) is 0 Å². The molecule has 3 fully saturated rings. The Kier molecular flexibility index (Phi) is 30.8. The summed E-state index contributed by atoms with van der Waals surface area (Å²) in [7, 11) is -3.83. The van der Waals surface area contributed by atoms with Crippen molar-refractivity contribution < 1.29 is 60.3 Å². The number of aryl methyl sites for hydroxylation is 4. The Balaban J connectivity index is 0.000000184. The number of hydrogen-bond donors (Lipinski definition) is 0. The SMILES string of the molecule is CC(C)Cc1cc(-c2[c-]cccc2)ncc1[Si]1(C)CCCCC1.Cc1cc(-c2[c-]cccc2)ncc1[Si]1(C)CCCCC1.Cc1cc(-c2[c-]cccc2)ncc1[Si]1(C)CCCCC1.Cc1ccnc(-c2[c-]cccc2)c1.Cc1ccnc(-c2[c-]cccc2)c1.[Ir].[Ir].[Ir]. The zero-order chi connectivity index (χ0) is 62.5. The third-order valence-electron chi connectivity index (χ3n) is 18.4. The monoisotopic (exact) mass is 1800 g/mol. The van der Waals surface area contributed by atoms with E-state index in [1.54, 1.807) is 21.1 Å². The fourth-order valence-corrected chi connectivity index (χ4v) is 26.1. The standard InChI is InChI=1S/C21H28NSi.2C18H22NSi.2C12H10N.3Ir/c1-17(2)14-19-15-20(18-10-6-4-7-11-18)22-16-21(19)23(3)12-8-5-9-13-23;2*1-15-13-17(16-9-5-3-6-10-16)19-14-18(15)20(2)11-7-4-8-12-20;2*1-10-7-8-13-12(9-10)11-5-3-2-4-6-11;;;/h4,6-7,10,15-17H,5,8-9,12-14H2,1-3H3;2*3,5-6,9,13-14H,4,7-8,11-12H2,1-2H3;2*2-5,7-9H,1H3;;;/q5*-1;;;. The number of rotatable bonds is 10. The first-order chi connectivity index (χ1) is 43.2. The maximum atomic E-state index is 4.84. The number of aromatic nitrogens is 5. The fraction of sp³-hybridized carbons (Fsp3) is 0.321. The summed E-state index contributed by atoms with van der Waals surface area (Å²) in [5.74, 6) is 0.685. The molecule has 8 heterocycles. The number of nitrogens with zero attached hydrogens (tertiary/aromatic N) is 5. The molecule has 0 unspecified atom stereocenters. The van der Waals surface area contributed by atoms with Crippen molar-refractivity contribution in [3.05, 3.63) is 253 Å². The molecule has 3 aliphatic heterocycles. The van der Waals surface area contributed by atoms with E-state index in [1.807, 2.05) is 122 Å². The molecule has 10 aromatic rings. The van der Waals surface area contributed by atoms with Gasteiger partial charge in [-0.3, -0.25) is 0 Å². The van der Waals surface area contributed by atoms with Crippen molar-refractivity contribution in [2.24, 2.45) is 5.92 Å². The van der Waals surface area contributed by atoms with Crippen molar-refractivity contribution in [3.8, 4) is 56.3 Å². The summed E-state index contributed by atoms with van der Waals surface area (Å²) < 4.78 is 0. The van der Waals surface area contributed by atoms with Crippen LogP contribution in [-0.4, -0.2) is 49.1 Å². The van der Waals surface area contributed by atoms with Crippen molar-refractivity contribution in [3.63, 3.8) is 0 Å². The molecule has 13 rings (SSSR count). The van der Waals surface area contributed by atoms with Crippen LogP contribution in [0.15, 0.2) is 195 Å². The van der Waals surface area contributed by atoms with Crippen LogP contribution in [0.2, 0.25) is 55.9 Å². The van der Waals surface area contributed by atoms with Crippen LogP contribution in [-0.2, 0) is 66.7 Å². The van der Waals surface area contributed by atoms with Crippen LogP contribution >= 0.6 is 0 Å². The van der Waals surface area contributed by atoms with Crippen LogP contribution in [0, 0.1) is 63.9 Å². The van der Waals surface area contributed by atoms with Gasteiger partial charge in [0, 0.05) is 91.3 Å². The van der Waals surface area contributed by atoms with E-state index in [-0.39, 0.29) is 60.3 Å². The summed E-state index contributed by atoms with van der Waals surface area (Å²) in [6.07, 6.45) is 24.1. The van der Waals surface area contributed by atoms with E-state index in [4.69, 9.17) is 15.0 Å². The zero-order valence-corrected chi connectivity index (χ0v) is 65.8. The normalized spacial score (nSPS) is 14.9. The molecule has 0 amide bonds. The van der Waals surface area contributed by atoms with E-state index in [1.165, 1.54) is 123 Å². The van der Waals surface area contributed by atoms with Crippen LogP contribution in [0.4, 0.5) is 0 Å². The van der Waals surface area contributed by atoms with Crippen molar-refractivity contribution >= 4 is 39.8 Å². The first-order valence-electron chi connectivity index (χ1n) is 32.8. The summed E-state index contributed by atoms with van der Waals surface area (Å²) in [6, 6.07) is 79.9. The third kappa shape index (κ3) is 21.5. The van der Waals surface area contributed by atoms with Gasteiger partial charge in [0.2, 0.25) is 0 Å². The third-order valence-corrected chi connectivity index (χ3v) is 32.6. The molecule has 0 aliphatic carbocycles.